The van der Waals surface area contributed by atoms with E-state index in [1.54, 1.807) is 12.1 Å². The number of carbonyl (C=O) groups is 1. The summed E-state index contributed by atoms with van der Waals surface area (Å²) in [5, 5.41) is 14.3. The second-order valence-electron chi connectivity index (χ2n) is 6.00. The zero-order valence-corrected chi connectivity index (χ0v) is 16.3. The van der Waals surface area contributed by atoms with Gasteiger partial charge in [-0.3, -0.25) is 19.8 Å². The maximum Gasteiger partial charge on any atom is 0.327 e. The Morgan fingerprint density at radius 3 is 2.39 bits per heavy atom. The zero-order chi connectivity index (χ0) is 20.8. The molecule has 0 saturated carbocycles. The molecule has 10 nitrogen and oxygen atoms in total. The first kappa shape index (κ1) is 21.0. The highest BCUT2D eigenvalue weighted by molar-refractivity contribution is 6.00. The number of ether oxygens (including phenoxy) is 3. The molecule has 28 heavy (non-hydrogen) atoms. The molecule has 0 aliphatic rings. The Labute approximate surface area is 162 Å². The van der Waals surface area contributed by atoms with E-state index in [0.717, 1.165) is 0 Å². The monoisotopic (exact) mass is 393 g/mol. The maximum atomic E-state index is 12.8. The highest BCUT2D eigenvalue weighted by atomic mass is 16.6. The Morgan fingerprint density at radius 2 is 1.93 bits per heavy atom. The number of furan rings is 1. The topological polar surface area (TPSA) is 116 Å². The molecule has 1 heterocycles. The lowest BCUT2D eigenvalue weighted by Gasteiger charge is -2.22. The Balaban J connectivity index is 2.40. The molecule has 0 saturated heterocycles. The average Bonchev–Trinajstić information content (AvgIpc) is 3.19. The van der Waals surface area contributed by atoms with Crippen LogP contribution in [0, 0.1) is 10.1 Å². The van der Waals surface area contributed by atoms with E-state index in [4.69, 9.17) is 18.6 Å². The van der Waals surface area contributed by atoms with Crippen LogP contribution in [0.1, 0.15) is 22.2 Å². The number of carbonyl (C=O) groups excluding carboxylic acids is 1. The van der Waals surface area contributed by atoms with Crippen LogP contribution in [0.15, 0.2) is 28.9 Å². The van der Waals surface area contributed by atoms with Gasteiger partial charge < -0.3 is 23.9 Å². The quantitative estimate of drug-likeness (QED) is 0.509. The molecule has 0 aliphatic carbocycles. The van der Waals surface area contributed by atoms with Gasteiger partial charge in [0.1, 0.15) is 11.3 Å². The first-order chi connectivity index (χ1) is 13.3. The van der Waals surface area contributed by atoms with Crippen molar-refractivity contribution in [1.82, 2.24) is 10.2 Å². The number of hydrogen-bond donors (Lipinski definition) is 1. The Bertz CT molecular complexity index is 834. The van der Waals surface area contributed by atoms with Gasteiger partial charge in [0.05, 0.1) is 38.6 Å². The molecule has 1 atom stereocenters. The van der Waals surface area contributed by atoms with Gasteiger partial charge in [0, 0.05) is 12.6 Å². The molecule has 1 N–H and O–H groups in total. The van der Waals surface area contributed by atoms with E-state index in [0.29, 0.717) is 5.76 Å². The fraction of sp³-hybridized carbons (Fsp3) is 0.389. The fourth-order valence-corrected chi connectivity index (χ4v) is 2.80. The summed E-state index contributed by atoms with van der Waals surface area (Å²) in [7, 11) is 7.62. The molecule has 0 bridgehead atoms. The predicted molar refractivity (Wildman–Crippen MR) is 100 cm³/mol. The molecule has 152 valence electrons. The van der Waals surface area contributed by atoms with Gasteiger partial charge in [-0.2, -0.15) is 0 Å². The second-order valence-corrected chi connectivity index (χ2v) is 6.00. The van der Waals surface area contributed by atoms with Crippen LogP contribution in [0.25, 0.3) is 0 Å². The van der Waals surface area contributed by atoms with Crippen molar-refractivity contribution in [3.8, 4) is 17.2 Å². The van der Waals surface area contributed by atoms with Crippen LogP contribution >= 0.6 is 0 Å². The molecule has 2 aromatic rings. The molecule has 0 spiro atoms. The number of hydrogen-bond acceptors (Lipinski definition) is 8. The average molecular weight is 393 g/mol. The van der Waals surface area contributed by atoms with Crippen molar-refractivity contribution in [2.75, 3.05) is 42.0 Å². The van der Waals surface area contributed by atoms with E-state index < -0.39 is 16.5 Å². The van der Waals surface area contributed by atoms with E-state index in [1.165, 1.54) is 33.7 Å². The van der Waals surface area contributed by atoms with E-state index in [-0.39, 0.29) is 35.4 Å². The van der Waals surface area contributed by atoms with Crippen LogP contribution in [-0.2, 0) is 0 Å². The SMILES string of the molecule is COc1cc(C(=O)NCC(c2ccco2)N(C)C)c([N+](=O)[O-])c(OC)c1OC. The van der Waals surface area contributed by atoms with Crippen molar-refractivity contribution < 1.29 is 28.3 Å². The summed E-state index contributed by atoms with van der Waals surface area (Å²) in [6.07, 6.45) is 1.54. The molecular weight excluding hydrogens is 370 g/mol. The molecule has 2 rings (SSSR count). The maximum absolute atomic E-state index is 12.8. The van der Waals surface area contributed by atoms with Gasteiger partial charge in [0.25, 0.3) is 5.91 Å². The molecule has 0 fully saturated rings. The van der Waals surface area contributed by atoms with Crippen molar-refractivity contribution in [2.45, 2.75) is 6.04 Å². The summed E-state index contributed by atoms with van der Waals surface area (Å²) in [4.78, 5) is 25.6. The molecule has 1 aromatic carbocycles. The van der Waals surface area contributed by atoms with Gasteiger partial charge in [-0.05, 0) is 26.2 Å². The molecule has 1 unspecified atom stereocenters. The normalized spacial score (nSPS) is 11.8. The number of nitrogens with zero attached hydrogens (tertiary/aromatic N) is 2. The minimum absolute atomic E-state index is 0.0370. The lowest BCUT2D eigenvalue weighted by molar-refractivity contribution is -0.386. The number of nitrogens with one attached hydrogen (secondary N) is 1. The van der Waals surface area contributed by atoms with E-state index in [9.17, 15) is 14.9 Å². The third-order valence-electron chi connectivity index (χ3n) is 4.18. The zero-order valence-electron chi connectivity index (χ0n) is 16.3. The van der Waals surface area contributed by atoms with Crippen molar-refractivity contribution in [3.05, 3.63) is 45.9 Å². The first-order valence-corrected chi connectivity index (χ1v) is 8.31. The Morgan fingerprint density at radius 1 is 1.25 bits per heavy atom. The van der Waals surface area contributed by atoms with Gasteiger partial charge in [-0.15, -0.1) is 0 Å². The first-order valence-electron chi connectivity index (χ1n) is 8.31. The summed E-state index contributed by atoms with van der Waals surface area (Å²) < 4.78 is 20.9. The summed E-state index contributed by atoms with van der Waals surface area (Å²) in [6.45, 7) is 0.174. The van der Waals surface area contributed by atoms with Crippen LogP contribution < -0.4 is 19.5 Å². The van der Waals surface area contributed by atoms with Gasteiger partial charge in [0.15, 0.2) is 5.75 Å². The third-order valence-corrected chi connectivity index (χ3v) is 4.18. The van der Waals surface area contributed by atoms with Crippen molar-refractivity contribution in [1.29, 1.82) is 0 Å². The van der Waals surface area contributed by atoms with Crippen LogP contribution in [0.5, 0.6) is 17.2 Å². The van der Waals surface area contributed by atoms with Crippen LogP contribution in [0.3, 0.4) is 0 Å². The van der Waals surface area contributed by atoms with Crippen molar-refractivity contribution in [2.24, 2.45) is 0 Å². The Kier molecular flexibility index (Phi) is 6.83. The highest BCUT2D eigenvalue weighted by Gasteiger charge is 2.32. The largest absolute Gasteiger partial charge is 0.493 e. The number of likely N-dealkylation sites (N-methyl/N-ethyl adjacent to an activating group) is 1. The number of benzene rings is 1. The minimum atomic E-state index is -0.689. The Hall–Kier alpha value is -3.27. The van der Waals surface area contributed by atoms with Crippen molar-refractivity contribution >= 4 is 11.6 Å². The molecule has 1 amide bonds. The summed E-state index contributed by atoms with van der Waals surface area (Å²) in [5.74, 6) is 0.00143. The summed E-state index contributed by atoms with van der Waals surface area (Å²) >= 11 is 0. The van der Waals surface area contributed by atoms with Crippen LogP contribution in [-0.4, -0.2) is 57.7 Å². The lowest BCUT2D eigenvalue weighted by Crippen LogP contribution is -2.34. The number of amides is 1. The van der Waals surface area contributed by atoms with E-state index >= 15 is 0 Å². The molecule has 0 radical (unpaired) electrons. The minimum Gasteiger partial charge on any atom is -0.493 e. The third kappa shape index (κ3) is 4.17. The summed E-state index contributed by atoms with van der Waals surface area (Å²) in [6, 6.07) is 4.54. The van der Waals surface area contributed by atoms with Gasteiger partial charge in [-0.25, -0.2) is 0 Å². The van der Waals surface area contributed by atoms with E-state index in [2.05, 4.69) is 5.32 Å². The molecule has 0 aliphatic heterocycles. The van der Waals surface area contributed by atoms with Gasteiger partial charge >= 0.3 is 5.69 Å². The predicted octanol–water partition coefficient (Wildman–Crippen LogP) is 2.25. The number of nitro groups is 1. The molecular formula is C18H23N3O7. The van der Waals surface area contributed by atoms with Gasteiger partial charge in [-0.1, -0.05) is 0 Å². The lowest BCUT2D eigenvalue weighted by atomic mass is 10.1. The number of nitro benzene ring substituents is 1. The van der Waals surface area contributed by atoms with Crippen molar-refractivity contribution in [3.63, 3.8) is 0 Å². The van der Waals surface area contributed by atoms with Crippen LogP contribution in [0.2, 0.25) is 0 Å². The molecule has 10 heteroatoms. The number of rotatable bonds is 9. The van der Waals surface area contributed by atoms with Gasteiger partial charge in [0.2, 0.25) is 11.5 Å². The second kappa shape index (κ2) is 9.09. The summed E-state index contributed by atoms with van der Waals surface area (Å²) in [5.41, 5.74) is -0.700. The smallest absolute Gasteiger partial charge is 0.327 e. The highest BCUT2D eigenvalue weighted by Crippen LogP contribution is 2.46. The number of methoxy groups -OCH3 is 3. The van der Waals surface area contributed by atoms with Crippen LogP contribution in [0.4, 0.5) is 5.69 Å². The standard InChI is InChI=1S/C18H23N3O7/c1-20(2)12(13-7-6-8-28-13)10-19-18(22)11-9-14(25-3)16(26-4)17(27-5)15(11)21(23)24/h6-9,12H,10H2,1-5H3,(H,19,22). The fourth-order valence-electron chi connectivity index (χ4n) is 2.80. The van der Waals surface area contributed by atoms with E-state index in [1.807, 2.05) is 19.0 Å². The molecule has 1 aromatic heterocycles.